The normalized spacial score (nSPS) is 12.7. The monoisotopic (exact) mass is 427 g/mol. The average molecular weight is 428 g/mol. The Balaban J connectivity index is 3.17. The maximum absolute atomic E-state index is 11.7. The Morgan fingerprint density at radius 3 is 2.44 bits per heavy atom. The number of nitrogens with zero attached hydrogens (tertiary/aromatic N) is 1. The smallest absolute Gasteiger partial charge is 0.340 e. The molecule has 0 aliphatic carbocycles. The first-order chi connectivity index (χ1) is 8.25. The van der Waals surface area contributed by atoms with E-state index < -0.39 is 12.1 Å². The number of halogens is 2. The van der Waals surface area contributed by atoms with Crippen LogP contribution in [0, 0.1) is 17.4 Å². The lowest BCUT2D eigenvalue weighted by molar-refractivity contribution is -0.157. The van der Waals surface area contributed by atoms with E-state index in [1.165, 1.54) is 0 Å². The van der Waals surface area contributed by atoms with Gasteiger partial charge in [0.25, 0.3) is 0 Å². The number of ether oxygens (including phenoxy) is 1. The van der Waals surface area contributed by atoms with E-state index in [9.17, 15) is 9.90 Å². The van der Waals surface area contributed by atoms with Gasteiger partial charge in [-0.15, -0.1) is 0 Å². The van der Waals surface area contributed by atoms with Crippen LogP contribution in [0.3, 0.4) is 0 Å². The van der Waals surface area contributed by atoms with Crippen LogP contribution in [0.15, 0.2) is 4.47 Å². The van der Waals surface area contributed by atoms with Crippen molar-refractivity contribution in [1.29, 1.82) is 0 Å². The van der Waals surface area contributed by atoms with Crippen molar-refractivity contribution in [3.63, 3.8) is 0 Å². The van der Waals surface area contributed by atoms with Crippen molar-refractivity contribution in [2.45, 2.75) is 39.9 Å². The summed E-state index contributed by atoms with van der Waals surface area (Å²) in [4.78, 5) is 16.0. The highest BCUT2D eigenvalue weighted by molar-refractivity contribution is 14.1. The van der Waals surface area contributed by atoms with E-state index in [4.69, 9.17) is 4.74 Å². The molecule has 1 aromatic heterocycles. The molecule has 1 heterocycles. The van der Waals surface area contributed by atoms with E-state index in [1.54, 1.807) is 20.8 Å². The van der Waals surface area contributed by atoms with Gasteiger partial charge >= 0.3 is 5.97 Å². The summed E-state index contributed by atoms with van der Waals surface area (Å²) in [5.74, 6) is -0.649. The van der Waals surface area contributed by atoms with E-state index in [1.807, 2.05) is 6.92 Å². The minimum Gasteiger partial charge on any atom is -0.461 e. The molecule has 0 aromatic carbocycles. The van der Waals surface area contributed by atoms with Crippen LogP contribution in [0.25, 0.3) is 0 Å². The number of rotatable bonds is 3. The molecule has 0 radical (unpaired) electrons. The highest BCUT2D eigenvalue weighted by Gasteiger charge is 2.26. The van der Waals surface area contributed by atoms with Gasteiger partial charge < -0.3 is 9.84 Å². The molecule has 4 nitrogen and oxygen atoms in total. The Hall–Kier alpha value is -0.210. The largest absolute Gasteiger partial charge is 0.461 e. The SMILES string of the molecule is Cc1nc(C)c([C@H](O)C(=O)OC(C)C)c(I)c1Br. The first kappa shape index (κ1) is 15.8. The van der Waals surface area contributed by atoms with Gasteiger partial charge in [-0.3, -0.25) is 4.98 Å². The number of aliphatic hydroxyl groups excluding tert-OH is 1. The second-order valence-corrected chi connectivity index (χ2v) is 6.08. The van der Waals surface area contributed by atoms with Crippen LogP contribution in [-0.4, -0.2) is 22.2 Å². The van der Waals surface area contributed by atoms with Crippen molar-refractivity contribution in [3.8, 4) is 0 Å². The van der Waals surface area contributed by atoms with Gasteiger partial charge in [0, 0.05) is 14.8 Å². The van der Waals surface area contributed by atoms with Crippen LogP contribution in [0.5, 0.6) is 0 Å². The van der Waals surface area contributed by atoms with Gasteiger partial charge in [-0.05, 0) is 66.2 Å². The zero-order valence-electron chi connectivity index (χ0n) is 10.6. The third-order valence-electron chi connectivity index (χ3n) is 2.32. The molecule has 1 atom stereocenters. The topological polar surface area (TPSA) is 59.4 Å². The van der Waals surface area contributed by atoms with E-state index >= 15 is 0 Å². The van der Waals surface area contributed by atoms with Crippen LogP contribution in [0.1, 0.15) is 36.9 Å². The molecule has 0 fully saturated rings. The number of hydrogen-bond donors (Lipinski definition) is 1. The van der Waals surface area contributed by atoms with E-state index in [2.05, 4.69) is 43.5 Å². The van der Waals surface area contributed by atoms with Gasteiger partial charge in [-0.2, -0.15) is 0 Å². The van der Waals surface area contributed by atoms with Gasteiger partial charge in [0.15, 0.2) is 6.10 Å². The van der Waals surface area contributed by atoms with Crippen LogP contribution < -0.4 is 0 Å². The Morgan fingerprint density at radius 2 is 1.94 bits per heavy atom. The van der Waals surface area contributed by atoms with E-state index in [0.29, 0.717) is 11.3 Å². The summed E-state index contributed by atoms with van der Waals surface area (Å²) in [5.41, 5.74) is 1.96. The summed E-state index contributed by atoms with van der Waals surface area (Å²) < 4.78 is 6.59. The first-order valence-corrected chi connectivity index (χ1v) is 7.33. The Kier molecular flexibility index (Phi) is 5.54. The van der Waals surface area contributed by atoms with Crippen molar-refractivity contribution in [2.75, 3.05) is 0 Å². The molecule has 0 aliphatic heterocycles. The quantitative estimate of drug-likeness (QED) is 0.594. The molecule has 0 saturated heterocycles. The van der Waals surface area contributed by atoms with Crippen molar-refractivity contribution in [1.82, 2.24) is 4.98 Å². The number of aromatic nitrogens is 1. The van der Waals surface area contributed by atoms with Crippen LogP contribution in [0.2, 0.25) is 0 Å². The number of carbonyl (C=O) groups excluding carboxylic acids is 1. The van der Waals surface area contributed by atoms with Gasteiger partial charge in [-0.25, -0.2) is 4.79 Å². The number of carbonyl (C=O) groups is 1. The Bertz CT molecular complexity index is 477. The van der Waals surface area contributed by atoms with Crippen molar-refractivity contribution < 1.29 is 14.6 Å². The highest BCUT2D eigenvalue weighted by atomic mass is 127. The summed E-state index contributed by atoms with van der Waals surface area (Å²) in [7, 11) is 0. The number of esters is 1. The van der Waals surface area contributed by atoms with Crippen LogP contribution >= 0.6 is 38.5 Å². The Morgan fingerprint density at radius 1 is 1.39 bits per heavy atom. The summed E-state index contributed by atoms with van der Waals surface area (Å²) in [6, 6.07) is 0. The molecule has 1 N–H and O–H groups in total. The summed E-state index contributed by atoms with van der Waals surface area (Å²) in [5, 5.41) is 10.1. The molecule has 0 unspecified atom stereocenters. The predicted octanol–water partition coefficient (Wildman–Crippen LogP) is 3.05. The van der Waals surface area contributed by atoms with Crippen molar-refractivity contribution in [3.05, 3.63) is 25.0 Å². The maximum atomic E-state index is 11.7. The molecule has 100 valence electrons. The lowest BCUT2D eigenvalue weighted by atomic mass is 10.1. The van der Waals surface area contributed by atoms with E-state index in [0.717, 1.165) is 13.7 Å². The number of hydrogen-bond acceptors (Lipinski definition) is 4. The summed E-state index contributed by atoms with van der Waals surface area (Å²) >= 11 is 5.48. The maximum Gasteiger partial charge on any atom is 0.340 e. The number of pyridine rings is 1. The van der Waals surface area contributed by atoms with Crippen LogP contribution in [0.4, 0.5) is 0 Å². The molecule has 0 amide bonds. The van der Waals surface area contributed by atoms with E-state index in [-0.39, 0.29) is 6.10 Å². The second-order valence-electron chi connectivity index (χ2n) is 4.21. The summed E-state index contributed by atoms with van der Waals surface area (Å²) in [6.07, 6.45) is -1.56. The second kappa shape index (κ2) is 6.29. The molecule has 18 heavy (non-hydrogen) atoms. The fraction of sp³-hybridized carbons (Fsp3) is 0.500. The van der Waals surface area contributed by atoms with Gasteiger partial charge in [0.2, 0.25) is 0 Å². The fourth-order valence-corrected chi connectivity index (χ4v) is 2.91. The standard InChI is InChI=1S/C12H15BrINO3/c1-5(2)18-12(17)11(16)8-6(3)15-7(4)9(13)10(8)14/h5,11,16H,1-4H3/t11-/m0/s1. The molecule has 1 aromatic rings. The Labute approximate surface area is 128 Å². The van der Waals surface area contributed by atoms with Crippen molar-refractivity contribution in [2.24, 2.45) is 0 Å². The summed E-state index contributed by atoms with van der Waals surface area (Å²) in [6.45, 7) is 7.11. The van der Waals surface area contributed by atoms with Gasteiger partial charge in [0.1, 0.15) is 0 Å². The zero-order valence-corrected chi connectivity index (χ0v) is 14.4. The number of aliphatic hydroxyl groups is 1. The number of aryl methyl sites for hydroxylation is 2. The molecule has 0 aliphatic rings. The van der Waals surface area contributed by atoms with Gasteiger partial charge in [-0.1, -0.05) is 0 Å². The fourth-order valence-electron chi connectivity index (χ4n) is 1.53. The molecule has 1 rings (SSSR count). The van der Waals surface area contributed by atoms with Gasteiger partial charge in [0.05, 0.1) is 16.3 Å². The molecular weight excluding hydrogens is 413 g/mol. The van der Waals surface area contributed by atoms with Crippen molar-refractivity contribution >= 4 is 44.5 Å². The lowest BCUT2D eigenvalue weighted by Gasteiger charge is -2.17. The first-order valence-electron chi connectivity index (χ1n) is 5.46. The average Bonchev–Trinajstić information content (AvgIpc) is 2.25. The molecule has 0 spiro atoms. The third-order valence-corrected chi connectivity index (χ3v) is 5.15. The zero-order chi connectivity index (χ0) is 14.0. The lowest BCUT2D eigenvalue weighted by Crippen LogP contribution is -2.21. The third kappa shape index (κ3) is 3.42. The van der Waals surface area contributed by atoms with Crippen LogP contribution in [-0.2, 0) is 9.53 Å². The minimum atomic E-state index is -1.30. The molecular formula is C12H15BrINO3. The molecule has 0 bridgehead atoms. The predicted molar refractivity (Wildman–Crippen MR) is 80.3 cm³/mol. The molecule has 6 heteroatoms. The highest BCUT2D eigenvalue weighted by Crippen LogP contribution is 2.31. The minimum absolute atomic E-state index is 0.257. The molecule has 0 saturated carbocycles.